The highest BCUT2D eigenvalue weighted by molar-refractivity contribution is 7.91. The van der Waals surface area contributed by atoms with Crippen molar-refractivity contribution in [3.8, 4) is 5.88 Å². The maximum absolute atomic E-state index is 12.8. The number of aryl methyl sites for hydroxylation is 1. The summed E-state index contributed by atoms with van der Waals surface area (Å²) >= 11 is 0. The number of aromatic nitrogens is 4. The molecule has 0 bridgehead atoms. The van der Waals surface area contributed by atoms with Gasteiger partial charge < -0.3 is 4.74 Å². The first-order valence-corrected chi connectivity index (χ1v) is 10.9. The van der Waals surface area contributed by atoms with Crippen LogP contribution in [0.4, 0.5) is 0 Å². The van der Waals surface area contributed by atoms with E-state index in [-0.39, 0.29) is 16.8 Å². The average molecular weight is 408 g/mol. The van der Waals surface area contributed by atoms with E-state index in [1.807, 2.05) is 60.7 Å². The largest absolute Gasteiger partial charge is 0.474 e. The highest BCUT2D eigenvalue weighted by Gasteiger charge is 2.23. The second kappa shape index (κ2) is 8.40. The topological polar surface area (TPSA) is 86.5 Å². The first kappa shape index (κ1) is 19.1. The van der Waals surface area contributed by atoms with Gasteiger partial charge in [0.2, 0.25) is 15.5 Å². The van der Waals surface area contributed by atoms with Gasteiger partial charge in [-0.25, -0.2) is 13.4 Å². The van der Waals surface area contributed by atoms with Gasteiger partial charge in [0.25, 0.3) is 11.0 Å². The van der Waals surface area contributed by atoms with Crippen molar-refractivity contribution in [1.82, 2.24) is 19.6 Å². The molecule has 0 aliphatic carbocycles. The van der Waals surface area contributed by atoms with E-state index < -0.39 is 9.84 Å². The number of fused-ring (bicyclic) bond motifs is 1. The minimum absolute atomic E-state index is 0.0623. The van der Waals surface area contributed by atoms with Crippen LogP contribution in [0.3, 0.4) is 0 Å². The van der Waals surface area contributed by atoms with Crippen molar-refractivity contribution in [3.05, 3.63) is 84.2 Å². The summed E-state index contributed by atoms with van der Waals surface area (Å²) in [7, 11) is -3.64. The molecule has 148 valence electrons. The molecule has 0 spiro atoms. The van der Waals surface area contributed by atoms with Gasteiger partial charge >= 0.3 is 0 Å². The number of benzene rings is 2. The van der Waals surface area contributed by atoms with Gasteiger partial charge in [-0.1, -0.05) is 60.7 Å². The summed E-state index contributed by atoms with van der Waals surface area (Å²) in [6.45, 7) is 0.390. The molecule has 0 unspecified atom stereocenters. The predicted molar refractivity (Wildman–Crippen MR) is 109 cm³/mol. The number of nitrogens with zero attached hydrogens (tertiary/aromatic N) is 4. The van der Waals surface area contributed by atoms with Crippen LogP contribution < -0.4 is 4.74 Å². The van der Waals surface area contributed by atoms with Crippen LogP contribution in [-0.4, -0.2) is 40.4 Å². The van der Waals surface area contributed by atoms with E-state index in [9.17, 15) is 8.42 Å². The molecule has 2 aromatic heterocycles. The molecule has 8 heteroatoms. The fourth-order valence-corrected chi connectivity index (χ4v) is 4.30. The average Bonchev–Trinajstić information content (AvgIpc) is 3.24. The quantitative estimate of drug-likeness (QED) is 0.446. The van der Waals surface area contributed by atoms with Crippen LogP contribution in [0.15, 0.2) is 78.2 Å². The molecule has 2 aromatic carbocycles. The SMILES string of the molecule is O=S(=O)(CCc1ccccc1)c1nnc(OCCc2ccccc2)c2nccn12. The minimum atomic E-state index is -3.64. The lowest BCUT2D eigenvalue weighted by molar-refractivity contribution is 0.305. The molecule has 0 fully saturated rings. The second-order valence-electron chi connectivity index (χ2n) is 6.55. The summed E-state index contributed by atoms with van der Waals surface area (Å²) in [6.07, 6.45) is 4.17. The van der Waals surface area contributed by atoms with Crippen molar-refractivity contribution >= 4 is 15.5 Å². The Hall–Kier alpha value is -3.26. The molecular weight excluding hydrogens is 388 g/mol. The lowest BCUT2D eigenvalue weighted by Gasteiger charge is -2.09. The van der Waals surface area contributed by atoms with Crippen LogP contribution in [-0.2, 0) is 22.7 Å². The third kappa shape index (κ3) is 4.43. The van der Waals surface area contributed by atoms with Crippen molar-refractivity contribution < 1.29 is 13.2 Å². The standard InChI is InChI=1S/C21H20N4O3S/c26-29(27,16-12-18-9-5-2-6-10-18)21-24-23-20(19-22-13-14-25(19)21)28-15-11-17-7-3-1-4-8-17/h1-10,13-14H,11-12,15-16H2. The fraction of sp³-hybridized carbons (Fsp3) is 0.190. The van der Waals surface area contributed by atoms with E-state index in [0.29, 0.717) is 25.1 Å². The number of hydrogen-bond acceptors (Lipinski definition) is 6. The van der Waals surface area contributed by atoms with E-state index >= 15 is 0 Å². The van der Waals surface area contributed by atoms with Crippen LogP contribution in [0, 0.1) is 0 Å². The Labute approximate surface area is 168 Å². The molecule has 7 nitrogen and oxygen atoms in total. The third-order valence-electron chi connectivity index (χ3n) is 4.52. The van der Waals surface area contributed by atoms with Crippen molar-refractivity contribution in [2.45, 2.75) is 18.0 Å². The zero-order chi connectivity index (χ0) is 20.1. The van der Waals surface area contributed by atoms with E-state index in [2.05, 4.69) is 15.2 Å². The molecule has 0 saturated heterocycles. The summed E-state index contributed by atoms with van der Waals surface area (Å²) in [5.41, 5.74) is 2.43. The van der Waals surface area contributed by atoms with Crippen LogP contribution in [0.1, 0.15) is 11.1 Å². The molecule has 0 N–H and O–H groups in total. The van der Waals surface area contributed by atoms with Crippen LogP contribution in [0.2, 0.25) is 0 Å². The summed E-state index contributed by atoms with van der Waals surface area (Å²) in [6, 6.07) is 19.4. The van der Waals surface area contributed by atoms with E-state index in [1.165, 1.54) is 10.6 Å². The molecule has 4 rings (SSSR count). The third-order valence-corrected chi connectivity index (χ3v) is 6.09. The summed E-state index contributed by atoms with van der Waals surface area (Å²) < 4.78 is 32.8. The van der Waals surface area contributed by atoms with Gasteiger partial charge in [-0.2, -0.15) is 0 Å². The van der Waals surface area contributed by atoms with E-state index in [1.54, 1.807) is 6.20 Å². The fourth-order valence-electron chi connectivity index (χ4n) is 3.00. The molecule has 4 aromatic rings. The first-order valence-electron chi connectivity index (χ1n) is 9.27. The molecule has 29 heavy (non-hydrogen) atoms. The number of imidazole rings is 1. The van der Waals surface area contributed by atoms with Crippen LogP contribution in [0.25, 0.3) is 5.65 Å². The van der Waals surface area contributed by atoms with Crippen molar-refractivity contribution in [2.24, 2.45) is 0 Å². The van der Waals surface area contributed by atoms with Gasteiger partial charge in [0.15, 0.2) is 0 Å². The predicted octanol–water partition coefficient (Wildman–Crippen LogP) is 2.76. The van der Waals surface area contributed by atoms with Gasteiger partial charge in [-0.15, -0.1) is 10.2 Å². The van der Waals surface area contributed by atoms with E-state index in [0.717, 1.165) is 11.1 Å². The maximum atomic E-state index is 12.8. The van der Waals surface area contributed by atoms with E-state index in [4.69, 9.17) is 4.74 Å². The Bertz CT molecular complexity index is 1190. The van der Waals surface area contributed by atoms with Gasteiger partial charge in [0.05, 0.1) is 12.4 Å². The molecule has 0 aliphatic rings. The summed E-state index contributed by atoms with van der Waals surface area (Å²) in [5, 5.41) is 7.82. The number of sulfone groups is 1. The first-order chi connectivity index (χ1) is 14.1. The number of hydrogen-bond donors (Lipinski definition) is 0. The number of ether oxygens (including phenoxy) is 1. The Kier molecular flexibility index (Phi) is 5.53. The van der Waals surface area contributed by atoms with Crippen LogP contribution in [0.5, 0.6) is 5.88 Å². The monoisotopic (exact) mass is 408 g/mol. The van der Waals surface area contributed by atoms with Crippen molar-refractivity contribution in [1.29, 1.82) is 0 Å². The molecular formula is C21H20N4O3S. The number of rotatable bonds is 8. The van der Waals surface area contributed by atoms with Gasteiger partial charge in [0, 0.05) is 18.8 Å². The lowest BCUT2D eigenvalue weighted by atomic mass is 10.2. The zero-order valence-corrected chi connectivity index (χ0v) is 16.5. The molecule has 2 heterocycles. The molecule has 0 radical (unpaired) electrons. The summed E-state index contributed by atoms with van der Waals surface area (Å²) in [4.78, 5) is 4.21. The smallest absolute Gasteiger partial charge is 0.277 e. The van der Waals surface area contributed by atoms with Crippen molar-refractivity contribution in [2.75, 3.05) is 12.4 Å². The minimum Gasteiger partial charge on any atom is -0.474 e. The van der Waals surface area contributed by atoms with Gasteiger partial charge in [-0.3, -0.25) is 4.40 Å². The summed E-state index contributed by atoms with van der Waals surface area (Å²) in [5.74, 6) is 0.153. The van der Waals surface area contributed by atoms with Gasteiger partial charge in [-0.05, 0) is 17.5 Å². The molecule has 0 aliphatic heterocycles. The highest BCUT2D eigenvalue weighted by atomic mass is 32.2. The van der Waals surface area contributed by atoms with Crippen LogP contribution >= 0.6 is 0 Å². The molecule has 0 atom stereocenters. The van der Waals surface area contributed by atoms with Gasteiger partial charge in [0.1, 0.15) is 0 Å². The molecule has 0 saturated carbocycles. The Morgan fingerprint density at radius 1 is 0.862 bits per heavy atom. The maximum Gasteiger partial charge on any atom is 0.277 e. The second-order valence-corrected chi connectivity index (χ2v) is 8.55. The zero-order valence-electron chi connectivity index (χ0n) is 15.7. The Morgan fingerprint density at radius 3 is 2.21 bits per heavy atom. The Morgan fingerprint density at radius 2 is 1.52 bits per heavy atom. The highest BCUT2D eigenvalue weighted by Crippen LogP contribution is 2.19. The lowest BCUT2D eigenvalue weighted by Crippen LogP contribution is -2.17. The van der Waals surface area contributed by atoms with Crippen molar-refractivity contribution in [3.63, 3.8) is 0 Å². The molecule has 0 amide bonds. The Balaban J connectivity index is 1.51. The normalized spacial score (nSPS) is 11.6.